The van der Waals surface area contributed by atoms with E-state index in [1.165, 1.54) is 25.7 Å². The van der Waals surface area contributed by atoms with E-state index in [4.69, 9.17) is 6.42 Å². The average molecular weight is 276 g/mol. The number of nitrogens with zero attached hydrogens (tertiary/aromatic N) is 2. The van der Waals surface area contributed by atoms with Crippen LogP contribution in [0.15, 0.2) is 4.99 Å². The molecule has 0 aromatic rings. The molecular weight excluding hydrogens is 252 g/mol. The Hall–Kier alpha value is -1.70. The summed E-state index contributed by atoms with van der Waals surface area (Å²) in [6.45, 7) is 0.566. The number of aliphatic imine (C=N–C) groups is 1. The second-order valence-electron chi connectivity index (χ2n) is 5.94. The van der Waals surface area contributed by atoms with Gasteiger partial charge in [-0.3, -0.25) is 4.79 Å². The molecule has 0 spiro atoms. The third kappa shape index (κ3) is 3.66. The first-order valence-electron chi connectivity index (χ1n) is 7.28. The number of terminal acetylenes is 1. The number of amides is 1. The van der Waals surface area contributed by atoms with E-state index in [0.29, 0.717) is 18.5 Å². The van der Waals surface area contributed by atoms with Crippen molar-refractivity contribution < 1.29 is 4.79 Å². The van der Waals surface area contributed by atoms with Crippen LogP contribution in [0.2, 0.25) is 0 Å². The molecule has 2 saturated carbocycles. The van der Waals surface area contributed by atoms with Gasteiger partial charge in [-0.25, -0.2) is 4.99 Å². The van der Waals surface area contributed by atoms with Gasteiger partial charge in [0.25, 0.3) is 0 Å². The Morgan fingerprint density at radius 3 is 2.75 bits per heavy atom. The van der Waals surface area contributed by atoms with Crippen LogP contribution in [-0.4, -0.2) is 50.0 Å². The number of nitrogens with one attached hydrogen (secondary N) is 2. The van der Waals surface area contributed by atoms with Crippen molar-refractivity contribution in [3.63, 3.8) is 0 Å². The number of fused-ring (bicyclic) bond motifs is 2. The minimum Gasteiger partial charge on any atom is -0.353 e. The predicted octanol–water partition coefficient (Wildman–Crippen LogP) is 0.432. The number of likely N-dealkylation sites (N-methyl/N-ethyl adjacent to an activating group) is 1. The number of carbonyl (C=O) groups excluding carboxylic acids is 1. The van der Waals surface area contributed by atoms with Crippen molar-refractivity contribution in [2.75, 3.05) is 27.2 Å². The normalized spacial score (nSPS) is 28.1. The summed E-state index contributed by atoms with van der Waals surface area (Å²) >= 11 is 0. The summed E-state index contributed by atoms with van der Waals surface area (Å²) < 4.78 is 0. The van der Waals surface area contributed by atoms with Crippen LogP contribution in [0, 0.1) is 24.2 Å². The standard InChI is InChI=1S/C15H24N4O/c1-4-7-16-15(17-10-14(20)19(2)3)18-13-9-11-5-6-12(13)8-11/h1,11-13H,5-10H2,2-3H3,(H2,16,17,18). The third-order valence-electron chi connectivity index (χ3n) is 4.29. The van der Waals surface area contributed by atoms with Gasteiger partial charge in [-0.1, -0.05) is 12.3 Å². The van der Waals surface area contributed by atoms with Gasteiger partial charge in [-0.05, 0) is 31.1 Å². The van der Waals surface area contributed by atoms with Crippen molar-refractivity contribution in [3.05, 3.63) is 0 Å². The van der Waals surface area contributed by atoms with Gasteiger partial charge in [0.2, 0.25) is 5.91 Å². The second kappa shape index (κ2) is 6.65. The first-order chi connectivity index (χ1) is 9.60. The van der Waals surface area contributed by atoms with Crippen LogP contribution in [0.3, 0.4) is 0 Å². The summed E-state index contributed by atoms with van der Waals surface area (Å²) in [5.41, 5.74) is 0. The molecule has 2 fully saturated rings. The molecule has 0 radical (unpaired) electrons. The van der Waals surface area contributed by atoms with Crippen molar-refractivity contribution in [1.29, 1.82) is 0 Å². The van der Waals surface area contributed by atoms with E-state index in [1.807, 2.05) is 0 Å². The Bertz CT molecular complexity index is 424. The van der Waals surface area contributed by atoms with Gasteiger partial charge in [0, 0.05) is 20.1 Å². The summed E-state index contributed by atoms with van der Waals surface area (Å²) in [6.07, 6.45) is 10.5. The zero-order chi connectivity index (χ0) is 14.5. The number of guanidine groups is 1. The van der Waals surface area contributed by atoms with Crippen molar-refractivity contribution in [2.45, 2.75) is 31.7 Å². The lowest BCUT2D eigenvalue weighted by atomic mass is 9.95. The first-order valence-corrected chi connectivity index (χ1v) is 7.28. The minimum absolute atomic E-state index is 0.0141. The van der Waals surface area contributed by atoms with Gasteiger partial charge in [0.05, 0.1) is 6.54 Å². The topological polar surface area (TPSA) is 56.7 Å². The number of carbonyl (C=O) groups is 1. The summed E-state index contributed by atoms with van der Waals surface area (Å²) in [6, 6.07) is 0.479. The summed E-state index contributed by atoms with van der Waals surface area (Å²) in [7, 11) is 3.46. The molecule has 0 aliphatic heterocycles. The highest BCUT2D eigenvalue weighted by atomic mass is 16.2. The van der Waals surface area contributed by atoms with E-state index in [2.05, 4.69) is 21.5 Å². The Morgan fingerprint density at radius 1 is 1.40 bits per heavy atom. The maximum Gasteiger partial charge on any atom is 0.243 e. The summed E-state index contributed by atoms with van der Waals surface area (Å²) in [4.78, 5) is 17.5. The fourth-order valence-electron chi connectivity index (χ4n) is 3.17. The Balaban J connectivity index is 1.91. The molecule has 0 aromatic carbocycles. The van der Waals surface area contributed by atoms with Crippen LogP contribution >= 0.6 is 0 Å². The molecule has 0 heterocycles. The highest BCUT2D eigenvalue weighted by molar-refractivity contribution is 5.85. The smallest absolute Gasteiger partial charge is 0.243 e. The molecule has 5 nitrogen and oxygen atoms in total. The molecule has 2 N–H and O–H groups in total. The lowest BCUT2D eigenvalue weighted by Gasteiger charge is -2.25. The quantitative estimate of drug-likeness (QED) is 0.445. The molecule has 0 saturated heterocycles. The average Bonchev–Trinajstić information content (AvgIpc) is 3.03. The fourth-order valence-corrected chi connectivity index (χ4v) is 3.17. The highest BCUT2D eigenvalue weighted by Gasteiger charge is 2.39. The van der Waals surface area contributed by atoms with Crippen molar-refractivity contribution in [3.8, 4) is 12.3 Å². The van der Waals surface area contributed by atoms with E-state index in [1.54, 1.807) is 19.0 Å². The minimum atomic E-state index is -0.0141. The van der Waals surface area contributed by atoms with Crippen LogP contribution < -0.4 is 10.6 Å². The van der Waals surface area contributed by atoms with E-state index in [0.717, 1.165) is 11.8 Å². The van der Waals surface area contributed by atoms with Crippen molar-refractivity contribution in [2.24, 2.45) is 16.8 Å². The number of hydrogen-bond acceptors (Lipinski definition) is 2. The zero-order valence-electron chi connectivity index (χ0n) is 12.4. The van der Waals surface area contributed by atoms with Crippen LogP contribution in [0.5, 0.6) is 0 Å². The monoisotopic (exact) mass is 276 g/mol. The van der Waals surface area contributed by atoms with E-state index in [-0.39, 0.29) is 12.5 Å². The van der Waals surface area contributed by atoms with Gasteiger partial charge in [-0.15, -0.1) is 6.42 Å². The first kappa shape index (κ1) is 14.7. The SMILES string of the molecule is C#CCNC(=NCC(=O)N(C)C)NC1CC2CCC1C2. The van der Waals surface area contributed by atoms with Gasteiger partial charge in [0.15, 0.2) is 5.96 Å². The van der Waals surface area contributed by atoms with Crippen LogP contribution in [0.1, 0.15) is 25.7 Å². The molecule has 0 aromatic heterocycles. The second-order valence-corrected chi connectivity index (χ2v) is 5.94. The predicted molar refractivity (Wildman–Crippen MR) is 80.2 cm³/mol. The Labute approximate surface area is 121 Å². The maximum absolute atomic E-state index is 11.6. The molecule has 2 aliphatic rings. The molecule has 1 amide bonds. The van der Waals surface area contributed by atoms with Crippen molar-refractivity contribution >= 4 is 11.9 Å². The lowest BCUT2D eigenvalue weighted by molar-refractivity contribution is -0.127. The van der Waals surface area contributed by atoms with Crippen molar-refractivity contribution in [1.82, 2.24) is 15.5 Å². The summed E-state index contributed by atoms with van der Waals surface area (Å²) in [5, 5.41) is 6.53. The van der Waals surface area contributed by atoms with E-state index >= 15 is 0 Å². The molecule has 2 rings (SSSR count). The van der Waals surface area contributed by atoms with Gasteiger partial charge in [-0.2, -0.15) is 0 Å². The van der Waals surface area contributed by atoms with Gasteiger partial charge < -0.3 is 15.5 Å². The largest absolute Gasteiger partial charge is 0.353 e. The molecule has 5 heteroatoms. The molecule has 3 unspecified atom stereocenters. The summed E-state index contributed by atoms with van der Waals surface area (Å²) in [5.74, 6) is 4.81. The molecule has 2 bridgehead atoms. The Kier molecular flexibility index (Phi) is 4.89. The lowest BCUT2D eigenvalue weighted by Crippen LogP contribution is -2.46. The highest BCUT2D eigenvalue weighted by Crippen LogP contribution is 2.44. The van der Waals surface area contributed by atoms with Crippen LogP contribution in [-0.2, 0) is 4.79 Å². The molecule has 110 valence electrons. The van der Waals surface area contributed by atoms with Gasteiger partial charge in [0.1, 0.15) is 6.54 Å². The zero-order valence-corrected chi connectivity index (χ0v) is 12.4. The molecular formula is C15H24N4O. The maximum atomic E-state index is 11.6. The third-order valence-corrected chi connectivity index (χ3v) is 4.29. The molecule has 20 heavy (non-hydrogen) atoms. The van der Waals surface area contributed by atoms with Crippen LogP contribution in [0.4, 0.5) is 0 Å². The van der Waals surface area contributed by atoms with Crippen LogP contribution in [0.25, 0.3) is 0 Å². The Morgan fingerprint density at radius 2 is 2.20 bits per heavy atom. The van der Waals surface area contributed by atoms with E-state index < -0.39 is 0 Å². The van der Waals surface area contributed by atoms with E-state index in [9.17, 15) is 4.79 Å². The molecule has 3 atom stereocenters. The van der Waals surface area contributed by atoms with Gasteiger partial charge >= 0.3 is 0 Å². The molecule has 2 aliphatic carbocycles. The fraction of sp³-hybridized carbons (Fsp3) is 0.733. The number of hydrogen-bond donors (Lipinski definition) is 2. The number of rotatable bonds is 4.